The molecule has 1 aliphatic heterocycles. The van der Waals surface area contributed by atoms with Crippen molar-refractivity contribution in [2.75, 3.05) is 18.5 Å². The summed E-state index contributed by atoms with van der Waals surface area (Å²) < 4.78 is 33.9. The fraction of sp³-hybridized carbons (Fsp3) is 0.158. The molecular formula is C19H17N3O4S. The molecule has 1 N–H and O–H groups in total. The van der Waals surface area contributed by atoms with Crippen molar-refractivity contribution in [1.82, 2.24) is 4.98 Å². The third-order valence-corrected chi connectivity index (χ3v) is 5.27. The first kappa shape index (κ1) is 17.3. The highest BCUT2D eigenvalue weighted by molar-refractivity contribution is 7.90. The van der Waals surface area contributed by atoms with Crippen molar-refractivity contribution in [2.24, 2.45) is 5.10 Å². The highest BCUT2D eigenvalue weighted by Gasteiger charge is 2.16. The maximum absolute atomic E-state index is 11.5. The van der Waals surface area contributed by atoms with E-state index in [0.29, 0.717) is 11.5 Å². The van der Waals surface area contributed by atoms with E-state index in [2.05, 4.69) is 15.5 Å². The molecule has 0 fully saturated rings. The minimum atomic E-state index is -3.21. The standard InChI is InChI=1S/C19H17N3O4S/c1-12-7-17(15-8-18-19(26-11-25-18)9-16(15)21-12)22-20-10-13-3-5-14(6-4-13)27(2,23)24/h3-10H,11H2,1-2H3,(H,21,22)/b20-10+. The van der Waals surface area contributed by atoms with Crippen LogP contribution in [0.1, 0.15) is 11.3 Å². The number of rotatable bonds is 4. The minimum Gasteiger partial charge on any atom is -0.454 e. The number of hydrogen-bond donors (Lipinski definition) is 1. The van der Waals surface area contributed by atoms with Gasteiger partial charge in [-0.15, -0.1) is 0 Å². The first-order chi connectivity index (χ1) is 12.9. The molecule has 0 amide bonds. The first-order valence-corrected chi connectivity index (χ1v) is 10.1. The van der Waals surface area contributed by atoms with E-state index in [1.807, 2.05) is 25.1 Å². The molecule has 27 heavy (non-hydrogen) atoms. The average molecular weight is 383 g/mol. The van der Waals surface area contributed by atoms with Gasteiger partial charge in [0.05, 0.1) is 22.3 Å². The van der Waals surface area contributed by atoms with E-state index in [9.17, 15) is 8.42 Å². The Labute approximate surface area is 156 Å². The van der Waals surface area contributed by atoms with Crippen molar-refractivity contribution in [3.63, 3.8) is 0 Å². The number of aromatic nitrogens is 1. The number of sulfone groups is 1. The lowest BCUT2D eigenvalue weighted by Crippen LogP contribution is -1.97. The molecule has 0 unspecified atom stereocenters. The lowest BCUT2D eigenvalue weighted by atomic mass is 10.1. The number of anilines is 1. The summed E-state index contributed by atoms with van der Waals surface area (Å²) in [6, 6.07) is 12.2. The fourth-order valence-corrected chi connectivity index (χ4v) is 3.45. The number of benzene rings is 2. The third-order valence-electron chi connectivity index (χ3n) is 4.14. The Morgan fingerprint density at radius 1 is 1.11 bits per heavy atom. The molecule has 7 nitrogen and oxygen atoms in total. The molecule has 0 spiro atoms. The molecule has 0 saturated heterocycles. The van der Waals surface area contributed by atoms with Crippen molar-refractivity contribution >= 4 is 32.6 Å². The van der Waals surface area contributed by atoms with Crippen LogP contribution in [0, 0.1) is 6.92 Å². The molecule has 0 bridgehead atoms. The molecule has 0 atom stereocenters. The van der Waals surface area contributed by atoms with E-state index < -0.39 is 9.84 Å². The molecule has 2 aromatic carbocycles. The lowest BCUT2D eigenvalue weighted by molar-refractivity contribution is 0.174. The highest BCUT2D eigenvalue weighted by atomic mass is 32.2. The quantitative estimate of drug-likeness (QED) is 0.550. The predicted octanol–water partition coefficient (Wildman–Crippen LogP) is 3.12. The van der Waals surface area contributed by atoms with E-state index in [4.69, 9.17) is 9.47 Å². The van der Waals surface area contributed by atoms with Gasteiger partial charge < -0.3 is 9.47 Å². The van der Waals surface area contributed by atoms with Gasteiger partial charge in [0.15, 0.2) is 21.3 Å². The predicted molar refractivity (Wildman–Crippen MR) is 103 cm³/mol. The number of hydrazone groups is 1. The Hall–Kier alpha value is -3.13. The van der Waals surface area contributed by atoms with Gasteiger partial charge in [0.25, 0.3) is 0 Å². The van der Waals surface area contributed by atoms with E-state index in [1.54, 1.807) is 30.5 Å². The van der Waals surface area contributed by atoms with Crippen molar-refractivity contribution < 1.29 is 17.9 Å². The van der Waals surface area contributed by atoms with Gasteiger partial charge in [0, 0.05) is 23.4 Å². The second kappa shape index (κ2) is 6.55. The molecule has 3 aromatic rings. The Morgan fingerprint density at radius 3 is 2.52 bits per heavy atom. The lowest BCUT2D eigenvalue weighted by Gasteiger charge is -2.08. The van der Waals surface area contributed by atoms with Crippen LogP contribution in [-0.4, -0.2) is 32.7 Å². The number of nitrogens with one attached hydrogen (secondary N) is 1. The van der Waals surface area contributed by atoms with Gasteiger partial charge in [0.2, 0.25) is 6.79 Å². The molecule has 8 heteroatoms. The van der Waals surface area contributed by atoms with Crippen LogP contribution in [0.25, 0.3) is 10.9 Å². The van der Waals surface area contributed by atoms with Gasteiger partial charge in [-0.05, 0) is 36.8 Å². The topological polar surface area (TPSA) is 89.9 Å². The molecule has 4 rings (SSSR count). The van der Waals surface area contributed by atoms with Crippen LogP contribution in [0.3, 0.4) is 0 Å². The van der Waals surface area contributed by atoms with Crippen molar-refractivity contribution in [3.8, 4) is 11.5 Å². The second-order valence-corrected chi connectivity index (χ2v) is 8.26. The largest absolute Gasteiger partial charge is 0.454 e. The number of nitrogens with zero attached hydrogens (tertiary/aromatic N) is 2. The van der Waals surface area contributed by atoms with Crippen LogP contribution >= 0.6 is 0 Å². The number of hydrogen-bond acceptors (Lipinski definition) is 7. The highest BCUT2D eigenvalue weighted by Crippen LogP contribution is 2.38. The van der Waals surface area contributed by atoms with Crippen LogP contribution < -0.4 is 14.9 Å². The summed E-state index contributed by atoms with van der Waals surface area (Å²) in [5.74, 6) is 1.36. The van der Waals surface area contributed by atoms with E-state index in [-0.39, 0.29) is 11.7 Å². The van der Waals surface area contributed by atoms with Gasteiger partial charge >= 0.3 is 0 Å². The molecule has 138 valence electrons. The number of ether oxygens (including phenoxy) is 2. The summed E-state index contributed by atoms with van der Waals surface area (Å²) in [5, 5.41) is 5.13. The zero-order valence-electron chi connectivity index (χ0n) is 14.8. The Balaban J connectivity index is 1.61. The van der Waals surface area contributed by atoms with Gasteiger partial charge in [0.1, 0.15) is 0 Å². The van der Waals surface area contributed by atoms with Gasteiger partial charge in [-0.2, -0.15) is 5.10 Å². The molecule has 0 aliphatic carbocycles. The zero-order valence-corrected chi connectivity index (χ0v) is 15.6. The molecule has 1 aromatic heterocycles. The summed E-state index contributed by atoms with van der Waals surface area (Å²) in [6.45, 7) is 2.11. The molecular weight excluding hydrogens is 366 g/mol. The minimum absolute atomic E-state index is 0.203. The summed E-state index contributed by atoms with van der Waals surface area (Å²) in [5.41, 5.74) is 6.23. The Morgan fingerprint density at radius 2 is 1.81 bits per heavy atom. The Kier molecular flexibility index (Phi) is 4.19. The van der Waals surface area contributed by atoms with Crippen molar-refractivity contribution in [2.45, 2.75) is 11.8 Å². The molecule has 2 heterocycles. The first-order valence-electron chi connectivity index (χ1n) is 8.20. The van der Waals surface area contributed by atoms with Gasteiger partial charge in [-0.1, -0.05) is 12.1 Å². The van der Waals surface area contributed by atoms with E-state index in [0.717, 1.165) is 27.8 Å². The molecule has 1 aliphatic rings. The maximum Gasteiger partial charge on any atom is 0.231 e. The normalized spacial score (nSPS) is 13.4. The summed E-state index contributed by atoms with van der Waals surface area (Å²) >= 11 is 0. The summed E-state index contributed by atoms with van der Waals surface area (Å²) in [4.78, 5) is 4.81. The summed E-state index contributed by atoms with van der Waals surface area (Å²) in [7, 11) is -3.21. The molecule has 0 radical (unpaired) electrons. The van der Waals surface area contributed by atoms with Crippen LogP contribution in [0.15, 0.2) is 52.5 Å². The molecule has 0 saturated carbocycles. The smallest absolute Gasteiger partial charge is 0.231 e. The summed E-state index contributed by atoms with van der Waals surface area (Å²) in [6.07, 6.45) is 2.81. The number of pyridine rings is 1. The SMILES string of the molecule is Cc1cc(N/N=C/c2ccc(S(C)(=O)=O)cc2)c2cc3c(cc2n1)OCO3. The van der Waals surface area contributed by atoms with Crippen LogP contribution in [0.2, 0.25) is 0 Å². The van der Waals surface area contributed by atoms with E-state index in [1.165, 1.54) is 6.26 Å². The van der Waals surface area contributed by atoms with Crippen molar-refractivity contribution in [1.29, 1.82) is 0 Å². The van der Waals surface area contributed by atoms with Crippen LogP contribution in [0.4, 0.5) is 5.69 Å². The zero-order chi connectivity index (χ0) is 19.0. The average Bonchev–Trinajstić information content (AvgIpc) is 3.07. The number of fused-ring (bicyclic) bond motifs is 2. The number of aryl methyl sites for hydroxylation is 1. The van der Waals surface area contributed by atoms with Gasteiger partial charge in [-0.3, -0.25) is 10.4 Å². The van der Waals surface area contributed by atoms with E-state index >= 15 is 0 Å². The Bertz CT molecular complexity index is 1160. The maximum atomic E-state index is 11.5. The van der Waals surface area contributed by atoms with Crippen LogP contribution in [0.5, 0.6) is 11.5 Å². The van der Waals surface area contributed by atoms with Gasteiger partial charge in [-0.25, -0.2) is 8.42 Å². The van der Waals surface area contributed by atoms with Crippen molar-refractivity contribution in [3.05, 3.63) is 53.7 Å². The third kappa shape index (κ3) is 3.56. The monoisotopic (exact) mass is 383 g/mol. The fourth-order valence-electron chi connectivity index (χ4n) is 2.82. The van der Waals surface area contributed by atoms with Crippen LogP contribution in [-0.2, 0) is 9.84 Å². The second-order valence-electron chi connectivity index (χ2n) is 6.25.